The van der Waals surface area contributed by atoms with E-state index in [0.717, 1.165) is 93.4 Å². The van der Waals surface area contributed by atoms with E-state index in [9.17, 15) is 0 Å². The quantitative estimate of drug-likeness (QED) is 0.0273. The van der Waals surface area contributed by atoms with Crippen molar-refractivity contribution in [1.82, 2.24) is 0 Å². The maximum absolute atomic E-state index is 5.48. The van der Waals surface area contributed by atoms with Gasteiger partial charge in [-0.2, -0.15) is 0 Å². The molecule has 0 radical (unpaired) electrons. The minimum Gasteiger partial charge on any atom is -0.246 e. The van der Waals surface area contributed by atoms with Crippen molar-refractivity contribution in [2.75, 3.05) is 0 Å². The minimum atomic E-state index is 0. The monoisotopic (exact) mass is 1090 g/mol. The smallest absolute Gasteiger partial charge is 0.139 e. The van der Waals surface area contributed by atoms with E-state index in [1.807, 2.05) is 0 Å². The Morgan fingerprint density at radius 3 is 0.908 bits per heavy atom. The normalized spacial score (nSPS) is 11.9. The fourth-order valence-electron chi connectivity index (χ4n) is 11.1. The molecule has 2 aromatic carbocycles. The molecule has 2 aromatic rings. The molecule has 436 valence electrons. The van der Waals surface area contributed by atoms with Crippen LogP contribution in [0.15, 0.2) is 58.5 Å². The van der Waals surface area contributed by atoms with Crippen LogP contribution in [-0.2, 0) is 42.2 Å². The first kappa shape index (κ1) is 71.6. The van der Waals surface area contributed by atoms with E-state index >= 15 is 0 Å². The molecule has 0 aliphatic rings. The summed E-state index contributed by atoms with van der Waals surface area (Å²) in [7, 11) is 0. The van der Waals surface area contributed by atoms with Crippen LogP contribution in [-0.4, -0.2) is 11.4 Å². The molecule has 0 aliphatic heterocycles. The van der Waals surface area contributed by atoms with Gasteiger partial charge in [0, 0.05) is 22.9 Å². The maximum atomic E-state index is 5.48. The van der Waals surface area contributed by atoms with Crippen LogP contribution < -0.4 is 0 Å². The number of allylic oxidation sites excluding steroid dienone is 2. The third-order valence-corrected chi connectivity index (χ3v) is 15.6. The third kappa shape index (κ3) is 41.6. The molecule has 0 aliphatic carbocycles. The second kappa shape index (κ2) is 54.5. The molecule has 0 amide bonds. The van der Waals surface area contributed by atoms with Gasteiger partial charge in [0.15, 0.2) is 0 Å². The molecule has 0 N–H and O–H groups in total. The molecule has 0 unspecified atom stereocenters. The Labute approximate surface area is 485 Å². The zero-order valence-electron chi connectivity index (χ0n) is 51.5. The molecule has 0 spiro atoms. The Morgan fingerprint density at radius 1 is 0.329 bits per heavy atom. The number of hydrogen-bond donors (Lipinski definition) is 0. The average Bonchev–Trinajstić information content (AvgIpc) is 3.40. The van der Waals surface area contributed by atoms with Crippen molar-refractivity contribution in [2.24, 2.45) is 9.98 Å². The van der Waals surface area contributed by atoms with Gasteiger partial charge in [-0.25, -0.2) is 9.98 Å². The predicted octanol–water partition coefficient (Wildman–Crippen LogP) is 24.9. The van der Waals surface area contributed by atoms with Crippen molar-refractivity contribution < 1.29 is 16.5 Å². The first-order valence-corrected chi connectivity index (χ1v) is 33.6. The predicted molar refractivity (Wildman–Crippen MR) is 341 cm³/mol. The van der Waals surface area contributed by atoms with E-state index in [0.29, 0.717) is 0 Å². The van der Waals surface area contributed by atoms with E-state index in [1.165, 1.54) is 266 Å². The van der Waals surface area contributed by atoms with Gasteiger partial charge < -0.3 is 0 Å². The minimum absolute atomic E-state index is 0. The van der Waals surface area contributed by atoms with Crippen LogP contribution in [0.25, 0.3) is 0 Å². The van der Waals surface area contributed by atoms with E-state index in [4.69, 9.17) is 9.98 Å². The van der Waals surface area contributed by atoms with Crippen LogP contribution in [0.3, 0.4) is 0 Å². The van der Waals surface area contributed by atoms with Crippen LogP contribution in [0.5, 0.6) is 0 Å². The number of hydrogen-bond acceptors (Lipinski definition) is 2. The Balaban J connectivity index is 0.0000289. The average molecular weight is 1090 g/mol. The van der Waals surface area contributed by atoms with Crippen LogP contribution in [0.2, 0.25) is 0 Å². The summed E-state index contributed by atoms with van der Waals surface area (Å²) in [5.41, 5.74) is 9.35. The van der Waals surface area contributed by atoms with Crippen LogP contribution in [0, 0.1) is 11.8 Å². The van der Waals surface area contributed by atoms with Crippen LogP contribution in [0.1, 0.15) is 353 Å². The Hall–Kier alpha value is -2.43. The van der Waals surface area contributed by atoms with Crippen molar-refractivity contribution in [2.45, 2.75) is 356 Å². The summed E-state index contributed by atoms with van der Waals surface area (Å²) in [6.07, 6.45) is 70.4. The summed E-state index contributed by atoms with van der Waals surface area (Å²) in [6.45, 7) is 13.7. The second-order valence-corrected chi connectivity index (χ2v) is 23.3. The van der Waals surface area contributed by atoms with Gasteiger partial charge >= 0.3 is 0 Å². The number of benzene rings is 2. The first-order chi connectivity index (χ1) is 37.1. The van der Waals surface area contributed by atoms with Crippen molar-refractivity contribution in [1.29, 1.82) is 0 Å². The first-order valence-electron chi connectivity index (χ1n) is 33.6. The maximum Gasteiger partial charge on any atom is 0.139 e. The second-order valence-electron chi connectivity index (χ2n) is 23.3. The van der Waals surface area contributed by atoms with Gasteiger partial charge in [0.05, 0.1) is 17.1 Å². The van der Waals surface area contributed by atoms with Gasteiger partial charge in [0.25, 0.3) is 0 Å². The van der Waals surface area contributed by atoms with Crippen molar-refractivity contribution in [3.63, 3.8) is 0 Å². The van der Waals surface area contributed by atoms with Crippen molar-refractivity contribution in [3.8, 4) is 11.8 Å². The Bertz CT molecular complexity index is 1710. The molecule has 76 heavy (non-hydrogen) atoms. The van der Waals surface area contributed by atoms with Gasteiger partial charge in [-0.1, -0.05) is 329 Å². The zero-order valence-corrected chi connectivity index (χ0v) is 52.5. The Kier molecular flexibility index (Phi) is 51.4. The van der Waals surface area contributed by atoms with Crippen LogP contribution >= 0.6 is 0 Å². The summed E-state index contributed by atoms with van der Waals surface area (Å²) >= 11 is 0. The SMILES string of the molecule is CCCCCCCCCCCCCCCCCCCCC=CC(=Nc1cc(CCC)cc(CCC)c1)C(C#CCCCCCCCCCCCCCCCCCCCCCCC)=Nc1cc(CCC)cc(CCC)c1.[Ni]. The molecule has 0 aromatic heterocycles. The molecule has 2 nitrogen and oxygen atoms in total. The number of rotatable bonds is 52. The molecule has 0 fully saturated rings. The molecule has 0 bridgehead atoms. The number of aryl methyl sites for hydroxylation is 4. The van der Waals surface area contributed by atoms with Gasteiger partial charge in [-0.15, -0.1) is 0 Å². The van der Waals surface area contributed by atoms with E-state index in [1.54, 1.807) is 0 Å². The fraction of sp³-hybridized carbons (Fsp3) is 0.753. The Morgan fingerprint density at radius 2 is 0.605 bits per heavy atom. The topological polar surface area (TPSA) is 24.7 Å². The summed E-state index contributed by atoms with van der Waals surface area (Å²) in [6, 6.07) is 14.1. The summed E-state index contributed by atoms with van der Waals surface area (Å²) < 4.78 is 0. The van der Waals surface area contributed by atoms with E-state index in [-0.39, 0.29) is 16.5 Å². The number of nitrogens with zero attached hydrogens (tertiary/aromatic N) is 2. The number of unbranched alkanes of at least 4 members (excludes halogenated alkanes) is 39. The van der Waals surface area contributed by atoms with Crippen molar-refractivity contribution >= 4 is 22.8 Å². The fourth-order valence-corrected chi connectivity index (χ4v) is 11.1. The molecular formula is C73H124N2Ni. The molecule has 0 saturated heterocycles. The third-order valence-electron chi connectivity index (χ3n) is 15.6. The summed E-state index contributed by atoms with van der Waals surface area (Å²) in [4.78, 5) is 10.9. The molecular weight excluding hydrogens is 964 g/mol. The standard InChI is InChI=1S/C73H124N2.Ni/c1-7-13-15-17-19-21-23-25-27-29-31-33-34-35-37-39-41-43-45-47-49-51-53-59-73(75-71-64-68(56-11-5)61-69(65-71)57-12-6)72(74-70-62-66(54-9-3)60-67(63-70)55-10-4)58-52-50-48-46-44-42-40-38-36-32-30-28-26-24-22-20-18-16-14-8-2;/h52,58,60-65H,7-51,54-57H2,1-6H3;. The molecule has 2 rings (SSSR count). The van der Waals surface area contributed by atoms with Crippen molar-refractivity contribution in [3.05, 3.63) is 70.8 Å². The van der Waals surface area contributed by atoms with E-state index in [2.05, 4.69) is 102 Å². The van der Waals surface area contributed by atoms with Gasteiger partial charge in [-0.05, 0) is 103 Å². The van der Waals surface area contributed by atoms with Gasteiger partial charge in [0.1, 0.15) is 5.71 Å². The molecule has 0 saturated carbocycles. The molecule has 0 heterocycles. The summed E-state index contributed by atoms with van der Waals surface area (Å²) in [5, 5.41) is 0. The zero-order chi connectivity index (χ0) is 53.8. The van der Waals surface area contributed by atoms with E-state index < -0.39 is 0 Å². The largest absolute Gasteiger partial charge is 0.246 e. The van der Waals surface area contributed by atoms with Crippen LogP contribution in [0.4, 0.5) is 11.4 Å². The van der Waals surface area contributed by atoms with Gasteiger partial charge in [-0.3, -0.25) is 0 Å². The van der Waals surface area contributed by atoms with Gasteiger partial charge in [0.2, 0.25) is 0 Å². The molecule has 0 atom stereocenters. The number of aliphatic imine (C=N–C) groups is 2. The molecule has 3 heteroatoms. The summed E-state index contributed by atoms with van der Waals surface area (Å²) in [5.74, 6) is 7.31.